The van der Waals surface area contributed by atoms with Gasteiger partial charge in [0.15, 0.2) is 0 Å². The lowest BCUT2D eigenvalue weighted by Crippen LogP contribution is -2.45. The smallest absolute Gasteiger partial charge is 0.294 e. The SMILES string of the molecule is Cc1cccc(NC(=O)CN2C(=O)S/C(=C/c3cc4c(cc3C)N(C)C(C)(C)CC4C)C2=O)c1. The molecule has 0 radical (unpaired) electrons. The van der Waals surface area contributed by atoms with Crippen LogP contribution < -0.4 is 10.2 Å². The minimum atomic E-state index is -0.433. The highest BCUT2D eigenvalue weighted by molar-refractivity contribution is 8.18. The molecule has 0 aliphatic carbocycles. The maximum atomic E-state index is 13.0. The summed E-state index contributed by atoms with van der Waals surface area (Å²) >= 11 is 0.883. The van der Waals surface area contributed by atoms with Crippen LogP contribution in [0.5, 0.6) is 0 Å². The van der Waals surface area contributed by atoms with E-state index in [2.05, 4.69) is 50.2 Å². The van der Waals surface area contributed by atoms with Crippen molar-refractivity contribution in [1.29, 1.82) is 0 Å². The average molecular weight is 478 g/mol. The molecule has 3 amide bonds. The summed E-state index contributed by atoms with van der Waals surface area (Å²) in [6.07, 6.45) is 2.82. The Labute approximate surface area is 205 Å². The molecule has 1 fully saturated rings. The van der Waals surface area contributed by atoms with Gasteiger partial charge in [-0.2, -0.15) is 0 Å². The molecule has 0 spiro atoms. The molecule has 0 bridgehead atoms. The number of fused-ring (bicyclic) bond motifs is 1. The van der Waals surface area contributed by atoms with Crippen LogP contribution in [0, 0.1) is 13.8 Å². The van der Waals surface area contributed by atoms with Crippen LogP contribution in [0.2, 0.25) is 0 Å². The third kappa shape index (κ3) is 4.62. The van der Waals surface area contributed by atoms with Crippen LogP contribution in [-0.4, -0.2) is 41.1 Å². The molecule has 2 aromatic carbocycles. The molecule has 2 aliphatic heterocycles. The van der Waals surface area contributed by atoms with Gasteiger partial charge in [-0.3, -0.25) is 19.3 Å². The second kappa shape index (κ2) is 8.95. The molecule has 178 valence electrons. The number of aryl methyl sites for hydroxylation is 2. The van der Waals surface area contributed by atoms with Crippen molar-refractivity contribution in [3.63, 3.8) is 0 Å². The molecular weight excluding hydrogens is 446 g/mol. The number of amides is 3. The van der Waals surface area contributed by atoms with E-state index in [1.54, 1.807) is 12.1 Å². The summed E-state index contributed by atoms with van der Waals surface area (Å²) in [7, 11) is 2.12. The Kier molecular flexibility index (Phi) is 6.34. The maximum Gasteiger partial charge on any atom is 0.294 e. The van der Waals surface area contributed by atoms with Crippen LogP contribution in [0.1, 0.15) is 55.4 Å². The molecular formula is C27H31N3O3S. The molecule has 1 atom stereocenters. The van der Waals surface area contributed by atoms with Gasteiger partial charge in [-0.05, 0) is 104 Å². The first-order valence-corrected chi connectivity index (χ1v) is 12.3. The van der Waals surface area contributed by atoms with Gasteiger partial charge in [-0.25, -0.2) is 0 Å². The van der Waals surface area contributed by atoms with E-state index in [1.807, 2.05) is 32.0 Å². The Morgan fingerprint density at radius 3 is 2.65 bits per heavy atom. The van der Waals surface area contributed by atoms with Crippen molar-refractivity contribution in [2.45, 2.75) is 52.5 Å². The predicted octanol–water partition coefficient (Wildman–Crippen LogP) is 5.70. The van der Waals surface area contributed by atoms with Gasteiger partial charge in [-0.15, -0.1) is 0 Å². The molecule has 1 N–H and O–H groups in total. The molecule has 2 heterocycles. The summed E-state index contributed by atoms with van der Waals surface area (Å²) in [6.45, 7) is 10.4. The first-order valence-electron chi connectivity index (χ1n) is 11.5. The Bertz CT molecular complexity index is 1220. The van der Waals surface area contributed by atoms with Crippen LogP contribution in [0.15, 0.2) is 41.3 Å². The molecule has 2 aliphatic rings. The number of hydrogen-bond donors (Lipinski definition) is 1. The topological polar surface area (TPSA) is 69.7 Å². The highest BCUT2D eigenvalue weighted by Gasteiger charge is 2.37. The zero-order valence-corrected chi connectivity index (χ0v) is 21.4. The fourth-order valence-electron chi connectivity index (χ4n) is 4.73. The minimum absolute atomic E-state index is 0.0715. The largest absolute Gasteiger partial charge is 0.369 e. The van der Waals surface area contributed by atoms with E-state index in [0.29, 0.717) is 16.5 Å². The van der Waals surface area contributed by atoms with Gasteiger partial charge < -0.3 is 10.2 Å². The van der Waals surface area contributed by atoms with Crippen molar-refractivity contribution in [1.82, 2.24) is 4.90 Å². The summed E-state index contributed by atoms with van der Waals surface area (Å²) in [5, 5.41) is 2.33. The first-order chi connectivity index (χ1) is 16.0. The van der Waals surface area contributed by atoms with E-state index in [9.17, 15) is 14.4 Å². The molecule has 1 saturated heterocycles. The van der Waals surface area contributed by atoms with Gasteiger partial charge in [-0.1, -0.05) is 19.1 Å². The highest BCUT2D eigenvalue weighted by Crippen LogP contribution is 2.44. The van der Waals surface area contributed by atoms with Gasteiger partial charge in [0.05, 0.1) is 4.91 Å². The van der Waals surface area contributed by atoms with E-state index < -0.39 is 17.1 Å². The van der Waals surface area contributed by atoms with Crippen molar-refractivity contribution >= 4 is 46.3 Å². The number of nitrogens with zero attached hydrogens (tertiary/aromatic N) is 2. The maximum absolute atomic E-state index is 13.0. The number of nitrogens with one attached hydrogen (secondary N) is 1. The quantitative estimate of drug-likeness (QED) is 0.572. The van der Waals surface area contributed by atoms with Crippen molar-refractivity contribution < 1.29 is 14.4 Å². The lowest BCUT2D eigenvalue weighted by Gasteiger charge is -2.45. The van der Waals surface area contributed by atoms with Crippen LogP contribution in [0.25, 0.3) is 6.08 Å². The Morgan fingerprint density at radius 1 is 1.21 bits per heavy atom. The normalized spacial score (nSPS) is 20.6. The van der Waals surface area contributed by atoms with Gasteiger partial charge in [0.2, 0.25) is 5.91 Å². The van der Waals surface area contributed by atoms with Crippen molar-refractivity contribution in [3.05, 3.63) is 63.6 Å². The standard InChI is InChI=1S/C27H31N3O3S/c1-16-8-7-9-20(10-16)28-24(31)15-30-25(32)23(34-26(30)33)13-19-12-21-18(3)14-27(4,5)29(6)22(21)11-17(19)2/h7-13,18H,14-15H2,1-6H3,(H,28,31)/b23-13+. The van der Waals surface area contributed by atoms with Crippen molar-refractivity contribution in [3.8, 4) is 0 Å². The van der Waals surface area contributed by atoms with Gasteiger partial charge in [0, 0.05) is 24.0 Å². The van der Waals surface area contributed by atoms with Crippen molar-refractivity contribution in [2.24, 2.45) is 0 Å². The highest BCUT2D eigenvalue weighted by atomic mass is 32.2. The number of carbonyl (C=O) groups excluding carboxylic acids is 3. The van der Waals surface area contributed by atoms with Crippen LogP contribution in [0.4, 0.5) is 16.2 Å². The van der Waals surface area contributed by atoms with E-state index in [0.717, 1.165) is 39.8 Å². The zero-order chi connectivity index (χ0) is 24.8. The van der Waals surface area contributed by atoms with Crippen LogP contribution in [-0.2, 0) is 9.59 Å². The molecule has 2 aromatic rings. The lowest BCUT2D eigenvalue weighted by molar-refractivity contribution is -0.127. The number of benzene rings is 2. The Hall–Kier alpha value is -3.06. The lowest BCUT2D eigenvalue weighted by atomic mass is 9.79. The molecule has 6 nitrogen and oxygen atoms in total. The zero-order valence-electron chi connectivity index (χ0n) is 20.6. The van der Waals surface area contributed by atoms with Crippen LogP contribution in [0.3, 0.4) is 0 Å². The summed E-state index contributed by atoms with van der Waals surface area (Å²) in [5.74, 6) is -0.453. The third-order valence-corrected chi connectivity index (χ3v) is 7.69. The third-order valence-electron chi connectivity index (χ3n) is 6.79. The fourth-order valence-corrected chi connectivity index (χ4v) is 5.56. The summed E-state index contributed by atoms with van der Waals surface area (Å²) in [4.78, 5) is 41.7. The van der Waals surface area contributed by atoms with E-state index in [-0.39, 0.29) is 12.1 Å². The van der Waals surface area contributed by atoms with Gasteiger partial charge in [0.25, 0.3) is 11.1 Å². The number of anilines is 2. The Morgan fingerprint density at radius 2 is 1.94 bits per heavy atom. The molecule has 1 unspecified atom stereocenters. The number of imide groups is 1. The summed E-state index contributed by atoms with van der Waals surface area (Å²) < 4.78 is 0. The average Bonchev–Trinajstić information content (AvgIpc) is 3.00. The predicted molar refractivity (Wildman–Crippen MR) is 139 cm³/mol. The Balaban J connectivity index is 1.54. The van der Waals surface area contributed by atoms with E-state index in [1.165, 1.54) is 11.3 Å². The number of hydrogen-bond acceptors (Lipinski definition) is 5. The molecule has 34 heavy (non-hydrogen) atoms. The number of carbonyl (C=O) groups is 3. The second-order valence-electron chi connectivity index (χ2n) is 9.93. The first kappa shape index (κ1) is 24.1. The summed E-state index contributed by atoms with van der Waals surface area (Å²) in [5.41, 5.74) is 6.14. The van der Waals surface area contributed by atoms with Crippen molar-refractivity contribution in [2.75, 3.05) is 23.8 Å². The molecule has 7 heteroatoms. The molecule has 0 aromatic heterocycles. The van der Waals surface area contributed by atoms with Gasteiger partial charge in [0.1, 0.15) is 6.54 Å². The molecule has 0 saturated carbocycles. The number of thioether (sulfide) groups is 1. The van der Waals surface area contributed by atoms with Crippen LogP contribution >= 0.6 is 11.8 Å². The molecule has 4 rings (SSSR count). The monoisotopic (exact) mass is 477 g/mol. The van der Waals surface area contributed by atoms with E-state index >= 15 is 0 Å². The fraction of sp³-hybridized carbons (Fsp3) is 0.370. The number of rotatable bonds is 4. The second-order valence-corrected chi connectivity index (χ2v) is 10.9. The van der Waals surface area contributed by atoms with E-state index in [4.69, 9.17) is 0 Å². The minimum Gasteiger partial charge on any atom is -0.369 e. The summed E-state index contributed by atoms with van der Waals surface area (Å²) in [6, 6.07) is 11.7. The van der Waals surface area contributed by atoms with Gasteiger partial charge >= 0.3 is 0 Å².